The molecule has 6 aromatic rings. The molecule has 5 heterocycles. The van der Waals surface area contributed by atoms with Crippen LogP contribution in [0, 0.1) is 5.82 Å². The fourth-order valence-corrected chi connectivity index (χ4v) is 5.80. The second-order valence-electron chi connectivity index (χ2n) is 11.6. The molecule has 3 N–H and O–H groups in total. The Balaban J connectivity index is 1.21. The molecule has 0 unspecified atom stereocenters. The standard InChI is InChI=1S/C33H34FN9O/c1-43(2)11-10-36-24-13-20(12-23(34)16-24)27-8-9-37-32-29(27)39-33(40-32)30-28-15-22(18-38-31(28)42-41-30)21-14-26(19-35-17-21)44-25-6-4-3-5-7-25/h8-9,12-19,25,36H,3-7,10-11H2,1-2H3,(H,37,39,40)(H,38,41,42). The van der Waals surface area contributed by atoms with Gasteiger partial charge in [-0.05, 0) is 81.7 Å². The highest BCUT2D eigenvalue weighted by molar-refractivity contribution is 5.96. The van der Waals surface area contributed by atoms with Crippen LogP contribution in [0.3, 0.4) is 0 Å². The molecule has 0 bridgehead atoms. The van der Waals surface area contributed by atoms with Crippen molar-refractivity contribution in [3.8, 4) is 39.5 Å². The van der Waals surface area contributed by atoms with Crippen molar-refractivity contribution in [2.45, 2.75) is 38.2 Å². The molecule has 1 aromatic carbocycles. The number of hydrogen-bond donors (Lipinski definition) is 3. The van der Waals surface area contributed by atoms with Crippen molar-refractivity contribution in [3.63, 3.8) is 0 Å². The quantitative estimate of drug-likeness (QED) is 0.175. The van der Waals surface area contributed by atoms with Crippen molar-refractivity contribution in [3.05, 3.63) is 67.0 Å². The van der Waals surface area contributed by atoms with Crippen molar-refractivity contribution in [2.24, 2.45) is 0 Å². The number of hydrogen-bond acceptors (Lipinski definition) is 8. The van der Waals surface area contributed by atoms with Gasteiger partial charge in [0.2, 0.25) is 0 Å². The number of anilines is 1. The zero-order chi connectivity index (χ0) is 30.0. The highest BCUT2D eigenvalue weighted by atomic mass is 19.1. The van der Waals surface area contributed by atoms with Crippen LogP contribution in [0.2, 0.25) is 0 Å². The minimum Gasteiger partial charge on any atom is -0.489 e. The summed E-state index contributed by atoms with van der Waals surface area (Å²) in [5.41, 5.74) is 6.52. The molecule has 0 saturated heterocycles. The maximum atomic E-state index is 14.7. The van der Waals surface area contributed by atoms with E-state index in [-0.39, 0.29) is 11.9 Å². The topological polar surface area (TPSA) is 121 Å². The highest BCUT2D eigenvalue weighted by Crippen LogP contribution is 2.34. The number of fused-ring (bicyclic) bond motifs is 2. The minimum atomic E-state index is -0.319. The third-order valence-electron chi connectivity index (χ3n) is 8.04. The van der Waals surface area contributed by atoms with Gasteiger partial charge in [-0.15, -0.1) is 0 Å². The average Bonchev–Trinajstić information content (AvgIpc) is 3.65. The summed E-state index contributed by atoms with van der Waals surface area (Å²) in [4.78, 5) is 23.8. The number of halogens is 1. The molecule has 10 nitrogen and oxygen atoms in total. The van der Waals surface area contributed by atoms with E-state index in [1.165, 1.54) is 31.4 Å². The van der Waals surface area contributed by atoms with E-state index in [1.807, 2.05) is 44.6 Å². The van der Waals surface area contributed by atoms with Gasteiger partial charge in [-0.3, -0.25) is 10.1 Å². The van der Waals surface area contributed by atoms with Crippen molar-refractivity contribution < 1.29 is 9.13 Å². The van der Waals surface area contributed by atoms with Crippen LogP contribution in [-0.2, 0) is 0 Å². The molecule has 1 aliphatic carbocycles. The van der Waals surface area contributed by atoms with Gasteiger partial charge in [-0.1, -0.05) is 6.42 Å². The van der Waals surface area contributed by atoms with Crippen LogP contribution in [0.1, 0.15) is 32.1 Å². The summed E-state index contributed by atoms with van der Waals surface area (Å²) in [6.45, 7) is 1.53. The van der Waals surface area contributed by atoms with E-state index in [9.17, 15) is 4.39 Å². The Bertz CT molecular complexity index is 1930. The summed E-state index contributed by atoms with van der Waals surface area (Å²) in [6.07, 6.45) is 13.2. The van der Waals surface area contributed by atoms with Gasteiger partial charge in [0.05, 0.1) is 23.2 Å². The lowest BCUT2D eigenvalue weighted by atomic mass is 9.98. The number of aromatic nitrogens is 7. The van der Waals surface area contributed by atoms with E-state index in [1.54, 1.807) is 18.6 Å². The first kappa shape index (κ1) is 27.9. The van der Waals surface area contributed by atoms with Crippen molar-refractivity contribution in [2.75, 3.05) is 32.5 Å². The molecule has 0 spiro atoms. The smallest absolute Gasteiger partial charge is 0.181 e. The van der Waals surface area contributed by atoms with Crippen LogP contribution in [0.15, 0.2) is 61.2 Å². The van der Waals surface area contributed by atoms with Crippen molar-refractivity contribution >= 4 is 27.9 Å². The summed E-state index contributed by atoms with van der Waals surface area (Å²) in [6, 6.07) is 10.9. The van der Waals surface area contributed by atoms with Crippen LogP contribution in [-0.4, -0.2) is 73.3 Å². The van der Waals surface area contributed by atoms with Gasteiger partial charge in [0.15, 0.2) is 17.1 Å². The van der Waals surface area contributed by atoms with Gasteiger partial charge in [0, 0.05) is 54.1 Å². The first-order chi connectivity index (χ1) is 21.5. The number of H-pyrrole nitrogens is 2. The molecular weight excluding hydrogens is 557 g/mol. The predicted molar refractivity (Wildman–Crippen MR) is 170 cm³/mol. The van der Waals surface area contributed by atoms with Crippen molar-refractivity contribution in [1.82, 2.24) is 40.0 Å². The highest BCUT2D eigenvalue weighted by Gasteiger charge is 2.18. The number of aromatic amines is 2. The zero-order valence-electron chi connectivity index (χ0n) is 24.8. The van der Waals surface area contributed by atoms with E-state index < -0.39 is 0 Å². The second kappa shape index (κ2) is 12.0. The lowest BCUT2D eigenvalue weighted by molar-refractivity contribution is 0.154. The number of nitrogens with zero attached hydrogens (tertiary/aromatic N) is 6. The molecule has 0 aliphatic heterocycles. The summed E-state index contributed by atoms with van der Waals surface area (Å²) in [5.74, 6) is 1.02. The van der Waals surface area contributed by atoms with Gasteiger partial charge in [-0.25, -0.2) is 19.3 Å². The summed E-state index contributed by atoms with van der Waals surface area (Å²) in [5, 5.41) is 11.6. The summed E-state index contributed by atoms with van der Waals surface area (Å²) >= 11 is 0. The third-order valence-corrected chi connectivity index (χ3v) is 8.04. The van der Waals surface area contributed by atoms with E-state index in [0.717, 1.165) is 52.8 Å². The van der Waals surface area contributed by atoms with Crippen LogP contribution < -0.4 is 10.1 Å². The fourth-order valence-electron chi connectivity index (χ4n) is 5.80. The van der Waals surface area contributed by atoms with Crippen LogP contribution in [0.25, 0.3) is 56.0 Å². The molecule has 1 fully saturated rings. The number of likely N-dealkylation sites (N-methyl/N-ethyl adjacent to an activating group) is 1. The molecule has 0 radical (unpaired) electrons. The molecule has 0 atom stereocenters. The molecular formula is C33H34FN9O. The number of pyridine rings is 3. The number of imidazole rings is 1. The van der Waals surface area contributed by atoms with Gasteiger partial charge in [-0.2, -0.15) is 5.10 Å². The number of nitrogens with one attached hydrogen (secondary N) is 3. The monoisotopic (exact) mass is 591 g/mol. The Kier molecular flexibility index (Phi) is 7.61. The molecule has 44 heavy (non-hydrogen) atoms. The first-order valence-electron chi connectivity index (χ1n) is 15.0. The summed E-state index contributed by atoms with van der Waals surface area (Å²) in [7, 11) is 4.01. The number of rotatable bonds is 9. The van der Waals surface area contributed by atoms with Gasteiger partial charge in [0.25, 0.3) is 0 Å². The van der Waals surface area contributed by atoms with E-state index in [4.69, 9.17) is 9.72 Å². The SMILES string of the molecule is CN(C)CCNc1cc(F)cc(-c2ccnc3nc(-c4[nH]nc5ncc(-c6cncc(OC7CCCCC7)c6)cc45)[nH]c23)c1. The van der Waals surface area contributed by atoms with Crippen LogP contribution in [0.5, 0.6) is 5.75 Å². The van der Waals surface area contributed by atoms with Gasteiger partial charge in [0.1, 0.15) is 17.3 Å². The number of benzene rings is 1. The van der Waals surface area contributed by atoms with Crippen LogP contribution in [0.4, 0.5) is 10.1 Å². The lowest BCUT2D eigenvalue weighted by Crippen LogP contribution is -2.20. The maximum absolute atomic E-state index is 14.7. The summed E-state index contributed by atoms with van der Waals surface area (Å²) < 4.78 is 21.0. The third kappa shape index (κ3) is 5.83. The Labute approximate surface area is 254 Å². The molecule has 224 valence electrons. The number of ether oxygens (including phenoxy) is 1. The molecule has 5 aromatic heterocycles. The van der Waals surface area contributed by atoms with E-state index in [0.29, 0.717) is 40.6 Å². The van der Waals surface area contributed by atoms with Gasteiger partial charge < -0.3 is 19.9 Å². The van der Waals surface area contributed by atoms with Gasteiger partial charge >= 0.3 is 0 Å². The zero-order valence-corrected chi connectivity index (χ0v) is 24.8. The Hall–Kier alpha value is -4.90. The average molecular weight is 592 g/mol. The van der Waals surface area contributed by atoms with Crippen LogP contribution >= 0.6 is 0 Å². The molecule has 0 amide bonds. The molecule has 1 saturated carbocycles. The Morgan fingerprint density at radius 3 is 2.68 bits per heavy atom. The Morgan fingerprint density at radius 2 is 1.82 bits per heavy atom. The fraction of sp³-hybridized carbons (Fsp3) is 0.303. The lowest BCUT2D eigenvalue weighted by Gasteiger charge is -2.23. The molecule has 1 aliphatic rings. The first-order valence-corrected chi connectivity index (χ1v) is 15.0. The molecule has 7 rings (SSSR count). The van der Waals surface area contributed by atoms with E-state index in [2.05, 4.69) is 40.3 Å². The van der Waals surface area contributed by atoms with Crippen molar-refractivity contribution in [1.29, 1.82) is 0 Å². The maximum Gasteiger partial charge on any atom is 0.181 e. The normalized spacial score (nSPS) is 14.1. The van der Waals surface area contributed by atoms with E-state index >= 15 is 0 Å². The predicted octanol–water partition coefficient (Wildman–Crippen LogP) is 6.45. The largest absolute Gasteiger partial charge is 0.489 e. The Morgan fingerprint density at radius 1 is 0.955 bits per heavy atom. The molecule has 11 heteroatoms. The second-order valence-corrected chi connectivity index (χ2v) is 11.6. The minimum absolute atomic E-state index is 0.242.